The standard InChI is InChI=1S/C15H11ClFNO3/c1-8-2-3-10(6-12(8)17)18-15(19)9-4-11(16)14-13(5-9)20-7-21-14/h2-6H,7H2,1H3,(H,18,19). The van der Waals surface area contributed by atoms with E-state index in [9.17, 15) is 9.18 Å². The van der Waals surface area contributed by atoms with Gasteiger partial charge in [-0.05, 0) is 36.8 Å². The van der Waals surface area contributed by atoms with Crippen molar-refractivity contribution >= 4 is 23.2 Å². The van der Waals surface area contributed by atoms with Gasteiger partial charge in [0.05, 0.1) is 5.02 Å². The number of anilines is 1. The van der Waals surface area contributed by atoms with E-state index in [4.69, 9.17) is 21.1 Å². The third-order valence-corrected chi connectivity index (χ3v) is 3.40. The van der Waals surface area contributed by atoms with E-state index >= 15 is 0 Å². The van der Waals surface area contributed by atoms with Crippen LogP contribution >= 0.6 is 11.6 Å². The summed E-state index contributed by atoms with van der Waals surface area (Å²) in [5, 5.41) is 2.91. The summed E-state index contributed by atoms with van der Waals surface area (Å²) in [6.45, 7) is 1.72. The van der Waals surface area contributed by atoms with E-state index in [1.54, 1.807) is 19.1 Å². The molecule has 0 bridgehead atoms. The minimum atomic E-state index is -0.404. The van der Waals surface area contributed by atoms with Crippen molar-refractivity contribution in [1.29, 1.82) is 0 Å². The Bertz CT molecular complexity index is 733. The molecule has 0 aliphatic carbocycles. The Morgan fingerprint density at radius 1 is 1.29 bits per heavy atom. The molecule has 2 aromatic rings. The van der Waals surface area contributed by atoms with E-state index in [1.165, 1.54) is 18.2 Å². The predicted molar refractivity (Wildman–Crippen MR) is 76.7 cm³/mol. The van der Waals surface area contributed by atoms with Crippen LogP contribution in [0.5, 0.6) is 11.5 Å². The molecule has 1 amide bonds. The lowest BCUT2D eigenvalue weighted by molar-refractivity contribution is 0.102. The molecule has 108 valence electrons. The van der Waals surface area contributed by atoms with Crippen molar-refractivity contribution in [3.8, 4) is 11.5 Å². The molecular weight excluding hydrogens is 297 g/mol. The van der Waals surface area contributed by atoms with E-state index in [2.05, 4.69) is 5.32 Å². The van der Waals surface area contributed by atoms with Crippen LogP contribution in [0.15, 0.2) is 30.3 Å². The van der Waals surface area contributed by atoms with Gasteiger partial charge >= 0.3 is 0 Å². The Morgan fingerprint density at radius 3 is 2.86 bits per heavy atom. The highest BCUT2D eigenvalue weighted by molar-refractivity contribution is 6.32. The Kier molecular flexibility index (Phi) is 3.43. The van der Waals surface area contributed by atoms with Gasteiger partial charge in [0.1, 0.15) is 5.82 Å². The first-order valence-electron chi connectivity index (χ1n) is 6.21. The van der Waals surface area contributed by atoms with Gasteiger partial charge in [-0.3, -0.25) is 4.79 Å². The molecule has 0 spiro atoms. The number of halogens is 2. The molecule has 21 heavy (non-hydrogen) atoms. The summed E-state index contributed by atoms with van der Waals surface area (Å²) in [6, 6.07) is 7.51. The molecule has 2 aromatic carbocycles. The zero-order valence-corrected chi connectivity index (χ0v) is 11.8. The molecular formula is C15H11ClFNO3. The van der Waals surface area contributed by atoms with Crippen LogP contribution in [-0.2, 0) is 0 Å². The van der Waals surface area contributed by atoms with Crippen molar-refractivity contribution < 1.29 is 18.7 Å². The van der Waals surface area contributed by atoms with Crippen LogP contribution in [-0.4, -0.2) is 12.7 Å². The number of carbonyl (C=O) groups excluding carboxylic acids is 1. The Balaban J connectivity index is 1.85. The molecule has 1 N–H and O–H groups in total. The minimum absolute atomic E-state index is 0.0727. The SMILES string of the molecule is Cc1ccc(NC(=O)c2cc(Cl)c3c(c2)OCO3)cc1F. The molecule has 1 heterocycles. The minimum Gasteiger partial charge on any atom is -0.454 e. The molecule has 3 rings (SSSR count). The van der Waals surface area contributed by atoms with Crippen LogP contribution in [0.25, 0.3) is 0 Å². The Labute approximate surface area is 125 Å². The van der Waals surface area contributed by atoms with Gasteiger partial charge in [0, 0.05) is 11.3 Å². The summed E-state index contributed by atoms with van der Waals surface area (Å²) in [4.78, 5) is 12.2. The molecule has 6 heteroatoms. The number of aryl methyl sites for hydroxylation is 1. The monoisotopic (exact) mass is 307 g/mol. The van der Waals surface area contributed by atoms with Crippen molar-refractivity contribution in [3.05, 3.63) is 52.3 Å². The van der Waals surface area contributed by atoms with Gasteiger partial charge in [0.25, 0.3) is 5.91 Å². The van der Waals surface area contributed by atoms with Gasteiger partial charge in [-0.1, -0.05) is 17.7 Å². The third kappa shape index (κ3) is 2.64. The van der Waals surface area contributed by atoms with Gasteiger partial charge in [0.15, 0.2) is 11.5 Å². The highest BCUT2D eigenvalue weighted by Crippen LogP contribution is 2.39. The number of ether oxygens (including phenoxy) is 2. The Morgan fingerprint density at radius 2 is 2.10 bits per heavy atom. The number of nitrogens with one attached hydrogen (secondary N) is 1. The molecule has 0 saturated heterocycles. The fourth-order valence-corrected chi connectivity index (χ4v) is 2.24. The van der Waals surface area contributed by atoms with Crippen LogP contribution in [0.4, 0.5) is 10.1 Å². The molecule has 1 aliphatic rings. The number of hydrogen-bond acceptors (Lipinski definition) is 3. The molecule has 1 aliphatic heterocycles. The maximum Gasteiger partial charge on any atom is 0.255 e. The van der Waals surface area contributed by atoms with Crippen molar-refractivity contribution in [1.82, 2.24) is 0 Å². The number of benzene rings is 2. The molecule has 0 radical (unpaired) electrons. The quantitative estimate of drug-likeness (QED) is 0.918. The Hall–Kier alpha value is -2.27. The van der Waals surface area contributed by atoms with Gasteiger partial charge in [-0.2, -0.15) is 0 Å². The summed E-state index contributed by atoms with van der Waals surface area (Å²) in [5.74, 6) is 0.0623. The van der Waals surface area contributed by atoms with Crippen LogP contribution in [0, 0.1) is 12.7 Å². The lowest BCUT2D eigenvalue weighted by Gasteiger charge is -2.08. The fraction of sp³-hybridized carbons (Fsp3) is 0.133. The summed E-state index contributed by atoms with van der Waals surface area (Å²) >= 11 is 6.02. The summed E-state index contributed by atoms with van der Waals surface area (Å²) < 4.78 is 23.9. The van der Waals surface area contributed by atoms with Crippen molar-refractivity contribution in [2.45, 2.75) is 6.92 Å². The second-order valence-corrected chi connectivity index (χ2v) is 5.02. The number of hydrogen-bond donors (Lipinski definition) is 1. The van der Waals surface area contributed by atoms with Gasteiger partial charge in [-0.25, -0.2) is 4.39 Å². The van der Waals surface area contributed by atoms with Crippen LogP contribution in [0.3, 0.4) is 0 Å². The smallest absolute Gasteiger partial charge is 0.255 e. The van der Waals surface area contributed by atoms with Crippen molar-refractivity contribution in [3.63, 3.8) is 0 Å². The normalized spacial score (nSPS) is 12.3. The lowest BCUT2D eigenvalue weighted by Crippen LogP contribution is -2.12. The predicted octanol–water partition coefficient (Wildman–Crippen LogP) is 3.77. The molecule has 4 nitrogen and oxygen atoms in total. The van der Waals surface area contributed by atoms with Gasteiger partial charge in [-0.15, -0.1) is 0 Å². The average molecular weight is 308 g/mol. The zero-order valence-electron chi connectivity index (χ0n) is 11.1. The first-order chi connectivity index (χ1) is 10.0. The maximum atomic E-state index is 13.5. The second kappa shape index (κ2) is 5.26. The van der Waals surface area contributed by atoms with Crippen molar-refractivity contribution in [2.24, 2.45) is 0 Å². The van der Waals surface area contributed by atoms with Gasteiger partial charge in [0.2, 0.25) is 6.79 Å². The third-order valence-electron chi connectivity index (χ3n) is 3.12. The lowest BCUT2D eigenvalue weighted by atomic mass is 10.1. The number of rotatable bonds is 2. The highest BCUT2D eigenvalue weighted by Gasteiger charge is 2.20. The molecule has 0 atom stereocenters. The molecule has 0 fully saturated rings. The highest BCUT2D eigenvalue weighted by atomic mass is 35.5. The number of amides is 1. The zero-order chi connectivity index (χ0) is 15.0. The first-order valence-corrected chi connectivity index (χ1v) is 6.59. The average Bonchev–Trinajstić information content (AvgIpc) is 2.92. The van der Waals surface area contributed by atoms with Crippen LogP contribution < -0.4 is 14.8 Å². The summed E-state index contributed by atoms with van der Waals surface area (Å²) in [6.07, 6.45) is 0. The largest absolute Gasteiger partial charge is 0.454 e. The van der Waals surface area contributed by atoms with Gasteiger partial charge < -0.3 is 14.8 Å². The number of carbonyl (C=O) groups is 1. The topological polar surface area (TPSA) is 47.6 Å². The fourth-order valence-electron chi connectivity index (χ4n) is 1.97. The van der Waals surface area contributed by atoms with Crippen molar-refractivity contribution in [2.75, 3.05) is 12.1 Å². The number of fused-ring (bicyclic) bond motifs is 1. The molecule has 0 aromatic heterocycles. The molecule has 0 saturated carbocycles. The molecule has 0 unspecified atom stereocenters. The first kappa shape index (κ1) is 13.7. The van der Waals surface area contributed by atoms with E-state index < -0.39 is 5.91 Å². The summed E-state index contributed by atoms with van der Waals surface area (Å²) in [7, 11) is 0. The van der Waals surface area contributed by atoms with E-state index in [0.717, 1.165) is 0 Å². The second-order valence-electron chi connectivity index (χ2n) is 4.61. The maximum absolute atomic E-state index is 13.5. The van der Waals surface area contributed by atoms with Crippen LogP contribution in [0.2, 0.25) is 5.02 Å². The van der Waals surface area contributed by atoms with E-state index in [-0.39, 0.29) is 12.6 Å². The van der Waals surface area contributed by atoms with E-state index in [1.807, 2.05) is 0 Å². The summed E-state index contributed by atoms with van der Waals surface area (Å²) in [5.41, 5.74) is 1.20. The van der Waals surface area contributed by atoms with Crippen LogP contribution in [0.1, 0.15) is 15.9 Å². The van der Waals surface area contributed by atoms with E-state index in [0.29, 0.717) is 33.3 Å².